The van der Waals surface area contributed by atoms with Gasteiger partial charge < -0.3 is 15.2 Å². The number of hydrogen-bond donors (Lipinski definition) is 2. The molecule has 0 saturated carbocycles. The molecule has 28 heavy (non-hydrogen) atoms. The van der Waals surface area contributed by atoms with Crippen molar-refractivity contribution in [1.29, 1.82) is 0 Å². The van der Waals surface area contributed by atoms with Crippen LogP contribution in [0.4, 0.5) is 0 Å². The van der Waals surface area contributed by atoms with Crippen LogP contribution in [-0.4, -0.2) is 35.1 Å². The molecule has 1 aromatic heterocycles. The summed E-state index contributed by atoms with van der Waals surface area (Å²) in [4.78, 5) is 8.95. The van der Waals surface area contributed by atoms with E-state index in [1.807, 2.05) is 12.5 Å². The van der Waals surface area contributed by atoms with E-state index in [1.54, 1.807) is 6.20 Å². The summed E-state index contributed by atoms with van der Waals surface area (Å²) in [7, 11) is 0. The van der Waals surface area contributed by atoms with Crippen LogP contribution in [0.15, 0.2) is 84.4 Å². The predicted molar refractivity (Wildman–Crippen MR) is 116 cm³/mol. The molecule has 0 aliphatic heterocycles. The number of hydrogen-bond acceptors (Lipinski definition) is 2. The molecule has 1 atom stereocenters. The Labute approximate surface area is 167 Å². The van der Waals surface area contributed by atoms with Crippen LogP contribution < -0.4 is 10.6 Å². The van der Waals surface area contributed by atoms with E-state index in [9.17, 15) is 0 Å². The summed E-state index contributed by atoms with van der Waals surface area (Å²) in [6.45, 7) is 5.32. The van der Waals surface area contributed by atoms with Crippen molar-refractivity contribution in [3.63, 3.8) is 0 Å². The molecule has 0 radical (unpaired) electrons. The number of benzene rings is 2. The van der Waals surface area contributed by atoms with Gasteiger partial charge in [0.05, 0.1) is 6.33 Å². The summed E-state index contributed by atoms with van der Waals surface area (Å²) in [5.41, 5.74) is 2.66. The maximum atomic E-state index is 4.87. The van der Waals surface area contributed by atoms with Crippen LogP contribution in [0, 0.1) is 0 Å². The van der Waals surface area contributed by atoms with Crippen LogP contribution in [-0.2, 0) is 13.0 Å². The number of aliphatic imine (C=N–C) groups is 1. The Balaban J connectivity index is 1.66. The molecule has 1 heterocycles. The lowest BCUT2D eigenvalue weighted by atomic mass is 9.92. The smallest absolute Gasteiger partial charge is 0.191 e. The zero-order valence-corrected chi connectivity index (χ0v) is 16.5. The third-order valence-electron chi connectivity index (χ3n) is 4.63. The van der Waals surface area contributed by atoms with E-state index in [0.29, 0.717) is 5.92 Å². The van der Waals surface area contributed by atoms with Crippen LogP contribution >= 0.6 is 0 Å². The first-order valence-corrected chi connectivity index (χ1v) is 9.92. The molecule has 0 amide bonds. The van der Waals surface area contributed by atoms with E-state index in [2.05, 4.69) is 87.8 Å². The van der Waals surface area contributed by atoms with Crippen LogP contribution in [0.5, 0.6) is 0 Å². The summed E-state index contributed by atoms with van der Waals surface area (Å²) in [5.74, 6) is 1.20. The largest absolute Gasteiger partial charge is 0.357 e. The summed E-state index contributed by atoms with van der Waals surface area (Å²) in [6, 6.07) is 21.3. The molecule has 5 nitrogen and oxygen atoms in total. The molecule has 5 heteroatoms. The topological polar surface area (TPSA) is 54.2 Å². The Bertz CT molecular complexity index is 813. The van der Waals surface area contributed by atoms with Gasteiger partial charge in [0.2, 0.25) is 0 Å². The normalized spacial score (nSPS) is 12.5. The van der Waals surface area contributed by atoms with E-state index in [4.69, 9.17) is 4.99 Å². The van der Waals surface area contributed by atoms with Crippen molar-refractivity contribution in [3.8, 4) is 0 Å². The molecule has 1 unspecified atom stereocenters. The van der Waals surface area contributed by atoms with Crippen LogP contribution in [0.1, 0.15) is 24.0 Å². The quantitative estimate of drug-likeness (QED) is 0.445. The highest BCUT2D eigenvalue weighted by Crippen LogP contribution is 2.21. The summed E-state index contributed by atoms with van der Waals surface area (Å²) in [6.07, 6.45) is 6.57. The lowest BCUT2D eigenvalue weighted by Gasteiger charge is -2.17. The van der Waals surface area contributed by atoms with Crippen LogP contribution in [0.3, 0.4) is 0 Å². The minimum absolute atomic E-state index is 0.340. The molecule has 2 aromatic carbocycles. The van der Waals surface area contributed by atoms with Crippen molar-refractivity contribution in [1.82, 2.24) is 20.2 Å². The first-order valence-electron chi connectivity index (χ1n) is 9.92. The minimum Gasteiger partial charge on any atom is -0.357 e. The van der Waals surface area contributed by atoms with Gasteiger partial charge in [-0.25, -0.2) is 4.98 Å². The molecule has 0 bridgehead atoms. The highest BCUT2D eigenvalue weighted by molar-refractivity contribution is 5.79. The van der Waals surface area contributed by atoms with Gasteiger partial charge in [-0.3, -0.25) is 4.99 Å². The van der Waals surface area contributed by atoms with E-state index < -0.39 is 0 Å². The lowest BCUT2D eigenvalue weighted by molar-refractivity contribution is 0.652. The van der Waals surface area contributed by atoms with Crippen molar-refractivity contribution in [3.05, 3.63) is 90.5 Å². The van der Waals surface area contributed by atoms with Gasteiger partial charge in [0.1, 0.15) is 0 Å². The number of nitrogens with one attached hydrogen (secondary N) is 2. The fourth-order valence-corrected chi connectivity index (χ4v) is 3.18. The van der Waals surface area contributed by atoms with Crippen molar-refractivity contribution >= 4 is 5.96 Å². The van der Waals surface area contributed by atoms with Gasteiger partial charge >= 0.3 is 0 Å². The molecule has 0 aliphatic carbocycles. The van der Waals surface area contributed by atoms with Crippen molar-refractivity contribution in [2.75, 3.05) is 19.6 Å². The van der Waals surface area contributed by atoms with Crippen LogP contribution in [0.25, 0.3) is 0 Å². The standard InChI is InChI=1S/C23H29N5/c1-2-25-23(26-14-16-28-15-13-24-19-28)27-18-22(21-11-7-4-8-12-21)17-20-9-5-3-6-10-20/h3-13,15,19,22H,2,14,16-18H2,1H3,(H2,25,26,27). The van der Waals surface area contributed by atoms with Crippen LogP contribution in [0.2, 0.25) is 0 Å². The molecular formula is C23H29N5. The number of imidazole rings is 1. The predicted octanol–water partition coefficient (Wildman–Crippen LogP) is 3.46. The van der Waals surface area contributed by atoms with Gasteiger partial charge in [-0.1, -0.05) is 60.7 Å². The monoisotopic (exact) mass is 375 g/mol. The summed E-state index contributed by atoms with van der Waals surface area (Å²) >= 11 is 0. The zero-order chi connectivity index (χ0) is 19.4. The highest BCUT2D eigenvalue weighted by Gasteiger charge is 2.12. The fourth-order valence-electron chi connectivity index (χ4n) is 3.18. The second-order valence-electron chi connectivity index (χ2n) is 6.74. The number of rotatable bonds is 9. The second kappa shape index (κ2) is 10.9. The SMILES string of the molecule is CCNC(=NCC(Cc1ccccc1)c1ccccc1)NCCn1ccnc1. The second-order valence-corrected chi connectivity index (χ2v) is 6.74. The highest BCUT2D eigenvalue weighted by atomic mass is 15.2. The molecule has 0 aliphatic rings. The maximum Gasteiger partial charge on any atom is 0.191 e. The Morgan fingerprint density at radius 2 is 1.79 bits per heavy atom. The number of aromatic nitrogens is 2. The van der Waals surface area contributed by atoms with E-state index in [-0.39, 0.29) is 0 Å². The third kappa shape index (κ3) is 6.27. The zero-order valence-electron chi connectivity index (χ0n) is 16.5. The van der Waals surface area contributed by atoms with Gasteiger partial charge in [0.25, 0.3) is 0 Å². The molecule has 0 spiro atoms. The first kappa shape index (κ1) is 19.7. The van der Waals surface area contributed by atoms with Gasteiger partial charge in [0.15, 0.2) is 5.96 Å². The van der Waals surface area contributed by atoms with E-state index >= 15 is 0 Å². The Kier molecular flexibility index (Phi) is 7.67. The maximum absolute atomic E-state index is 4.87. The summed E-state index contributed by atoms with van der Waals surface area (Å²) < 4.78 is 2.05. The van der Waals surface area contributed by atoms with Gasteiger partial charge in [0, 0.05) is 44.5 Å². The molecular weight excluding hydrogens is 346 g/mol. The van der Waals surface area contributed by atoms with Crippen molar-refractivity contribution < 1.29 is 0 Å². The average molecular weight is 376 g/mol. The minimum atomic E-state index is 0.340. The lowest BCUT2D eigenvalue weighted by Crippen LogP contribution is -2.39. The third-order valence-corrected chi connectivity index (χ3v) is 4.63. The molecule has 3 rings (SSSR count). The van der Waals surface area contributed by atoms with E-state index in [0.717, 1.165) is 38.6 Å². The molecule has 0 fully saturated rings. The molecule has 0 saturated heterocycles. The Morgan fingerprint density at radius 1 is 1.04 bits per heavy atom. The first-order chi connectivity index (χ1) is 13.8. The fraction of sp³-hybridized carbons (Fsp3) is 0.304. The molecule has 3 aromatic rings. The van der Waals surface area contributed by atoms with Gasteiger partial charge in [-0.2, -0.15) is 0 Å². The van der Waals surface area contributed by atoms with Gasteiger partial charge in [-0.05, 0) is 24.5 Å². The Hall–Kier alpha value is -3.08. The number of guanidine groups is 1. The van der Waals surface area contributed by atoms with E-state index in [1.165, 1.54) is 11.1 Å². The average Bonchev–Trinajstić information content (AvgIpc) is 3.26. The van der Waals surface area contributed by atoms with Crippen molar-refractivity contribution in [2.45, 2.75) is 25.8 Å². The van der Waals surface area contributed by atoms with Crippen molar-refractivity contribution in [2.24, 2.45) is 4.99 Å². The molecule has 146 valence electrons. The number of nitrogens with zero attached hydrogens (tertiary/aromatic N) is 3. The Morgan fingerprint density at radius 3 is 2.46 bits per heavy atom. The summed E-state index contributed by atoms with van der Waals surface area (Å²) in [5, 5.41) is 6.77. The molecule has 2 N–H and O–H groups in total. The van der Waals surface area contributed by atoms with Gasteiger partial charge in [-0.15, -0.1) is 0 Å².